The molecule has 6 rings (SSSR count). The largest absolute Gasteiger partial charge is 0.469 e. The number of likely N-dealkylation sites (tertiary alicyclic amines) is 1. The van der Waals surface area contributed by atoms with Crippen molar-refractivity contribution in [2.45, 2.75) is 38.8 Å². The van der Waals surface area contributed by atoms with Crippen LogP contribution in [-0.2, 0) is 16.1 Å². The second kappa shape index (κ2) is 10.8. The second-order valence-corrected chi connectivity index (χ2v) is 11.2. The van der Waals surface area contributed by atoms with Crippen LogP contribution in [0.5, 0.6) is 0 Å². The number of benzene rings is 2. The highest BCUT2D eigenvalue weighted by atomic mass is 16.5. The summed E-state index contributed by atoms with van der Waals surface area (Å²) in [5.74, 6) is 0.960. The van der Waals surface area contributed by atoms with Crippen LogP contribution >= 0.6 is 0 Å². The van der Waals surface area contributed by atoms with E-state index in [0.717, 1.165) is 59.6 Å². The Labute approximate surface area is 239 Å². The van der Waals surface area contributed by atoms with Crippen LogP contribution in [0.3, 0.4) is 0 Å². The Hall–Kier alpha value is -4.56. The summed E-state index contributed by atoms with van der Waals surface area (Å²) in [6.45, 7) is 6.05. The van der Waals surface area contributed by atoms with E-state index in [9.17, 15) is 4.79 Å². The summed E-state index contributed by atoms with van der Waals surface area (Å²) in [4.78, 5) is 28.9. The number of nitrogen functional groups attached to an aromatic ring is 1. The van der Waals surface area contributed by atoms with Gasteiger partial charge in [-0.2, -0.15) is 0 Å². The van der Waals surface area contributed by atoms with Gasteiger partial charge in [0.15, 0.2) is 11.5 Å². The molecule has 0 aliphatic carbocycles. The smallest absolute Gasteiger partial charge is 0.308 e. The average Bonchev–Trinajstić information content (AvgIpc) is 3.37. The summed E-state index contributed by atoms with van der Waals surface area (Å²) >= 11 is 0. The van der Waals surface area contributed by atoms with Crippen LogP contribution in [0, 0.1) is 5.92 Å². The first-order valence-electron chi connectivity index (χ1n) is 13.9. The molecule has 0 saturated carbocycles. The maximum absolute atomic E-state index is 12.2. The van der Waals surface area contributed by atoms with Gasteiger partial charge in [0.25, 0.3) is 0 Å². The zero-order valence-electron chi connectivity index (χ0n) is 23.6. The van der Waals surface area contributed by atoms with Crippen molar-refractivity contribution in [2.24, 2.45) is 5.92 Å². The number of methoxy groups -OCH3 is 1. The molecule has 0 bridgehead atoms. The van der Waals surface area contributed by atoms with Crippen molar-refractivity contribution in [1.82, 2.24) is 24.4 Å². The predicted octanol–water partition coefficient (Wildman–Crippen LogP) is 5.90. The summed E-state index contributed by atoms with van der Waals surface area (Å²) in [6, 6.07) is 26.5. The number of esters is 1. The number of nitrogens with two attached hydrogens (primary N) is 1. The number of hydrogen-bond donors (Lipinski definition) is 1. The third-order valence-corrected chi connectivity index (χ3v) is 8.11. The number of aromatic nitrogens is 4. The molecule has 1 atom stereocenters. The molecule has 1 unspecified atom stereocenters. The normalized spacial score (nSPS) is 17.0. The Bertz CT molecular complexity index is 1690. The van der Waals surface area contributed by atoms with E-state index in [2.05, 4.69) is 64.7 Å². The van der Waals surface area contributed by atoms with Gasteiger partial charge in [-0.25, -0.2) is 15.0 Å². The Morgan fingerprint density at radius 1 is 1.00 bits per heavy atom. The maximum Gasteiger partial charge on any atom is 0.308 e. The maximum atomic E-state index is 12.2. The molecule has 4 heterocycles. The van der Waals surface area contributed by atoms with Gasteiger partial charge in [-0.05, 0) is 75.2 Å². The van der Waals surface area contributed by atoms with Crippen molar-refractivity contribution < 1.29 is 9.53 Å². The van der Waals surface area contributed by atoms with Crippen molar-refractivity contribution in [3.8, 4) is 28.3 Å². The van der Waals surface area contributed by atoms with E-state index >= 15 is 0 Å². The molecular weight excluding hydrogens is 512 g/mol. The van der Waals surface area contributed by atoms with Crippen LogP contribution in [0.15, 0.2) is 85.1 Å². The third-order valence-electron chi connectivity index (χ3n) is 8.11. The molecule has 1 saturated heterocycles. The summed E-state index contributed by atoms with van der Waals surface area (Å²) < 4.78 is 7.08. The molecule has 0 radical (unpaired) electrons. The monoisotopic (exact) mass is 546 g/mol. The van der Waals surface area contributed by atoms with Gasteiger partial charge < -0.3 is 10.5 Å². The number of anilines is 1. The first kappa shape index (κ1) is 26.7. The SMILES string of the molecule is COC(=O)C1CCN(Cc2ccc(-n3c(-c4cccnc4N)nc4ccc(-c5ccccc5)nc43)cc2)C(C)(C)C1. The molecule has 208 valence electrons. The highest BCUT2D eigenvalue weighted by Gasteiger charge is 2.38. The molecule has 8 heteroatoms. The van der Waals surface area contributed by atoms with E-state index in [-0.39, 0.29) is 17.4 Å². The molecule has 3 aromatic heterocycles. The number of nitrogens with zero attached hydrogens (tertiary/aromatic N) is 5. The lowest BCUT2D eigenvalue weighted by Crippen LogP contribution is -2.50. The van der Waals surface area contributed by atoms with Gasteiger partial charge in [0, 0.05) is 29.5 Å². The summed E-state index contributed by atoms with van der Waals surface area (Å²) in [7, 11) is 1.47. The van der Waals surface area contributed by atoms with Gasteiger partial charge in [-0.3, -0.25) is 14.3 Å². The molecule has 0 amide bonds. The van der Waals surface area contributed by atoms with E-state index in [1.54, 1.807) is 6.20 Å². The van der Waals surface area contributed by atoms with E-state index in [1.165, 1.54) is 12.7 Å². The molecule has 1 aliphatic heterocycles. The van der Waals surface area contributed by atoms with Crippen LogP contribution in [0.4, 0.5) is 5.82 Å². The molecule has 1 aliphatic rings. The minimum Gasteiger partial charge on any atom is -0.469 e. The van der Waals surface area contributed by atoms with E-state index < -0.39 is 0 Å². The van der Waals surface area contributed by atoms with E-state index in [1.807, 2.05) is 42.5 Å². The van der Waals surface area contributed by atoms with Gasteiger partial charge >= 0.3 is 5.97 Å². The Balaban J connectivity index is 1.37. The fraction of sp³-hybridized carbons (Fsp3) is 0.273. The topological polar surface area (TPSA) is 99.2 Å². The molecule has 0 spiro atoms. The van der Waals surface area contributed by atoms with Crippen molar-refractivity contribution in [3.63, 3.8) is 0 Å². The molecule has 1 fully saturated rings. The standard InChI is InChI=1S/C33H34N6O2/c1-33(2)20-24(32(40)41-3)17-19-38(33)21-22-11-13-25(14-12-22)39-30(26-10-7-18-35-29(26)34)37-28-16-15-27(36-31(28)39)23-8-5-4-6-9-23/h4-16,18,24H,17,19-21H2,1-3H3,(H2,34,35). The zero-order valence-corrected chi connectivity index (χ0v) is 23.6. The lowest BCUT2D eigenvalue weighted by Gasteiger charge is -2.45. The molecule has 41 heavy (non-hydrogen) atoms. The molecule has 2 aromatic carbocycles. The molecule has 8 nitrogen and oxygen atoms in total. The molecule has 2 N–H and O–H groups in total. The Morgan fingerprint density at radius 2 is 1.78 bits per heavy atom. The zero-order chi connectivity index (χ0) is 28.6. The first-order chi connectivity index (χ1) is 19.8. The van der Waals surface area contributed by atoms with Crippen molar-refractivity contribution >= 4 is 23.0 Å². The lowest BCUT2D eigenvalue weighted by molar-refractivity contribution is -0.149. The number of ether oxygens (including phenoxy) is 1. The lowest BCUT2D eigenvalue weighted by atomic mass is 9.82. The van der Waals surface area contributed by atoms with Crippen molar-refractivity contribution in [1.29, 1.82) is 0 Å². The van der Waals surface area contributed by atoms with Crippen LogP contribution in [-0.4, -0.2) is 49.6 Å². The van der Waals surface area contributed by atoms with E-state index in [0.29, 0.717) is 11.6 Å². The van der Waals surface area contributed by atoms with Crippen molar-refractivity contribution in [2.75, 3.05) is 19.4 Å². The van der Waals surface area contributed by atoms with Gasteiger partial charge in [0.05, 0.1) is 24.3 Å². The fourth-order valence-corrected chi connectivity index (χ4v) is 5.84. The molecular formula is C33H34N6O2. The van der Waals surface area contributed by atoms with Gasteiger partial charge in [-0.15, -0.1) is 0 Å². The second-order valence-electron chi connectivity index (χ2n) is 11.2. The van der Waals surface area contributed by atoms with Crippen molar-refractivity contribution in [3.05, 3.63) is 90.6 Å². The number of imidazole rings is 1. The highest BCUT2D eigenvalue weighted by molar-refractivity contribution is 5.84. The van der Waals surface area contributed by atoms with Crippen LogP contribution < -0.4 is 5.73 Å². The number of carbonyl (C=O) groups excluding carboxylic acids is 1. The minimum atomic E-state index is -0.112. The summed E-state index contributed by atoms with van der Waals surface area (Å²) in [5.41, 5.74) is 12.5. The van der Waals surface area contributed by atoms with Gasteiger partial charge in [-0.1, -0.05) is 42.5 Å². The minimum absolute atomic E-state index is 0.0465. The fourth-order valence-electron chi connectivity index (χ4n) is 5.84. The van der Waals surface area contributed by atoms with Crippen LogP contribution in [0.2, 0.25) is 0 Å². The van der Waals surface area contributed by atoms with Gasteiger partial charge in [0.1, 0.15) is 11.3 Å². The number of pyridine rings is 2. The number of hydrogen-bond acceptors (Lipinski definition) is 7. The quantitative estimate of drug-likeness (QED) is 0.265. The average molecular weight is 547 g/mol. The first-order valence-corrected chi connectivity index (χ1v) is 13.9. The third kappa shape index (κ3) is 5.18. The number of fused-ring (bicyclic) bond motifs is 1. The predicted molar refractivity (Wildman–Crippen MR) is 161 cm³/mol. The Morgan fingerprint density at radius 3 is 2.49 bits per heavy atom. The number of rotatable bonds is 6. The van der Waals surface area contributed by atoms with Crippen LogP contribution in [0.25, 0.3) is 39.5 Å². The summed E-state index contributed by atoms with van der Waals surface area (Å²) in [5, 5.41) is 0. The number of piperidine rings is 1. The van der Waals surface area contributed by atoms with E-state index in [4.69, 9.17) is 20.4 Å². The highest BCUT2D eigenvalue weighted by Crippen LogP contribution is 2.35. The number of carbonyl (C=O) groups is 1. The molecule has 5 aromatic rings. The summed E-state index contributed by atoms with van der Waals surface area (Å²) in [6.07, 6.45) is 3.27. The van der Waals surface area contributed by atoms with Crippen LogP contribution in [0.1, 0.15) is 32.3 Å². The Kier molecular flexibility index (Phi) is 7.01. The van der Waals surface area contributed by atoms with Gasteiger partial charge in [0.2, 0.25) is 0 Å².